The first-order valence-electron chi connectivity index (χ1n) is 4.23. The van der Waals surface area contributed by atoms with Gasteiger partial charge in [-0.1, -0.05) is 19.2 Å². The van der Waals surface area contributed by atoms with Crippen molar-refractivity contribution in [3.05, 3.63) is 25.3 Å². The number of rotatable bonds is 5. The number of hydrogen-bond acceptors (Lipinski definition) is 3. The maximum atomic E-state index is 10.4. The Labute approximate surface area is 86.7 Å². The Morgan fingerprint density at radius 1 is 1.36 bits per heavy atom. The highest BCUT2D eigenvalue weighted by Gasteiger charge is 1.91. The monoisotopic (exact) mass is 216 g/mol. The summed E-state index contributed by atoms with van der Waals surface area (Å²) in [4.78, 5) is 19.6. The molecule has 14 heavy (non-hydrogen) atoms. The van der Waals surface area contributed by atoms with Crippen LogP contribution in [0.5, 0.6) is 0 Å². The van der Waals surface area contributed by atoms with Crippen molar-refractivity contribution in [2.45, 2.75) is 12.5 Å². The van der Waals surface area contributed by atoms with Gasteiger partial charge in [-0.2, -0.15) is 0 Å². The fraction of sp³-hybridized carbons (Fsp3) is 0.333. The van der Waals surface area contributed by atoms with Crippen LogP contribution in [-0.4, -0.2) is 33.9 Å². The fourth-order valence-corrected chi connectivity index (χ4v) is 0.665. The van der Waals surface area contributed by atoms with E-state index in [1.54, 1.807) is 0 Å². The molecule has 0 aromatic heterocycles. The van der Waals surface area contributed by atoms with Crippen LogP contribution >= 0.6 is 0 Å². The summed E-state index contributed by atoms with van der Waals surface area (Å²) in [5.41, 5.74) is 0. The van der Waals surface area contributed by atoms with Crippen LogP contribution in [0.1, 0.15) is 6.42 Å². The number of carbonyl (C=O) groups is 2. The van der Waals surface area contributed by atoms with E-state index < -0.39 is 5.97 Å². The highest BCUT2D eigenvalue weighted by Crippen LogP contribution is 1.86. The zero-order chi connectivity index (χ0) is 11.4. The van der Waals surface area contributed by atoms with Crippen molar-refractivity contribution in [3.8, 4) is 0 Å². The van der Waals surface area contributed by atoms with Crippen molar-refractivity contribution in [2.75, 3.05) is 6.61 Å². The third-order valence-corrected chi connectivity index (χ3v) is 1.79. The second kappa shape index (κ2) is 11.6. The average molecular weight is 216 g/mol. The molecule has 0 fully saturated rings. The maximum Gasteiger partial charge on any atom is 0.330 e. The number of ether oxygens (including phenoxy) is 1. The van der Waals surface area contributed by atoms with E-state index in [0.717, 1.165) is 12.5 Å². The minimum atomic E-state index is -0.981. The molecule has 0 saturated carbocycles. The number of carboxylic acids is 1. The summed E-state index contributed by atoms with van der Waals surface area (Å²) < 4.78 is 4.70. The summed E-state index contributed by atoms with van der Waals surface area (Å²) >= 11 is 0. The van der Waals surface area contributed by atoms with E-state index in [9.17, 15) is 9.59 Å². The molecular formula is C9H16O4Si. The maximum absolute atomic E-state index is 10.4. The van der Waals surface area contributed by atoms with Gasteiger partial charge in [-0.05, 0) is 6.42 Å². The molecule has 4 nitrogen and oxygen atoms in total. The first kappa shape index (κ1) is 15.1. The Balaban J connectivity index is 0. The molecule has 80 valence electrons. The van der Waals surface area contributed by atoms with Crippen molar-refractivity contribution in [1.29, 1.82) is 0 Å². The Kier molecular flexibility index (Phi) is 12.6. The molecule has 0 unspecified atom stereocenters. The van der Waals surface area contributed by atoms with Crippen molar-refractivity contribution in [1.82, 2.24) is 0 Å². The van der Waals surface area contributed by atoms with Crippen molar-refractivity contribution in [2.24, 2.45) is 0 Å². The molecule has 0 aliphatic rings. The minimum Gasteiger partial charge on any atom is -0.478 e. The van der Waals surface area contributed by atoms with Crippen LogP contribution < -0.4 is 0 Å². The van der Waals surface area contributed by atoms with Crippen LogP contribution in [0.15, 0.2) is 25.3 Å². The van der Waals surface area contributed by atoms with Gasteiger partial charge < -0.3 is 9.84 Å². The van der Waals surface area contributed by atoms with Crippen molar-refractivity contribution in [3.63, 3.8) is 0 Å². The van der Waals surface area contributed by atoms with Gasteiger partial charge in [0.05, 0.1) is 6.61 Å². The van der Waals surface area contributed by atoms with E-state index in [0.29, 0.717) is 6.61 Å². The average Bonchev–Trinajstić information content (AvgIpc) is 2.19. The predicted molar refractivity (Wildman–Crippen MR) is 58.4 cm³/mol. The van der Waals surface area contributed by atoms with E-state index in [2.05, 4.69) is 13.2 Å². The van der Waals surface area contributed by atoms with Crippen LogP contribution in [0, 0.1) is 0 Å². The smallest absolute Gasteiger partial charge is 0.330 e. The van der Waals surface area contributed by atoms with Crippen LogP contribution in [0.3, 0.4) is 0 Å². The lowest BCUT2D eigenvalue weighted by Gasteiger charge is -1.97. The molecule has 0 rings (SSSR count). The van der Waals surface area contributed by atoms with Crippen LogP contribution in [0.4, 0.5) is 0 Å². The lowest BCUT2D eigenvalue weighted by molar-refractivity contribution is -0.137. The summed E-state index contributed by atoms with van der Waals surface area (Å²) in [5.74, 6) is -1.30. The number of carbonyl (C=O) groups excluding carboxylic acids is 1. The Bertz CT molecular complexity index is 201. The Morgan fingerprint density at radius 3 is 2.14 bits per heavy atom. The molecule has 0 saturated heterocycles. The third-order valence-electron chi connectivity index (χ3n) is 1.08. The zero-order valence-electron chi connectivity index (χ0n) is 8.36. The molecule has 1 N–H and O–H groups in total. The topological polar surface area (TPSA) is 63.6 Å². The lowest BCUT2D eigenvalue weighted by atomic mass is 10.5. The molecule has 0 aliphatic carbocycles. The van der Waals surface area contributed by atoms with Crippen molar-refractivity contribution >= 4 is 22.2 Å². The van der Waals surface area contributed by atoms with E-state index in [4.69, 9.17) is 9.84 Å². The third kappa shape index (κ3) is 16.9. The normalized spacial score (nSPS) is 8.00. The number of hydrogen-bond donors (Lipinski definition) is 1. The summed E-state index contributed by atoms with van der Waals surface area (Å²) in [7, 11) is 1.18. The second-order valence-corrected chi connectivity index (χ2v) is 3.27. The summed E-state index contributed by atoms with van der Waals surface area (Å²) in [6.07, 6.45) is 3.01. The molecule has 0 aliphatic heterocycles. The number of aliphatic carboxylic acids is 1. The van der Waals surface area contributed by atoms with E-state index in [1.807, 2.05) is 0 Å². The number of carboxylic acid groups (broad SMARTS) is 1. The van der Waals surface area contributed by atoms with Gasteiger partial charge in [-0.15, -0.1) is 0 Å². The van der Waals surface area contributed by atoms with Gasteiger partial charge in [0.1, 0.15) is 0 Å². The molecule has 0 heterocycles. The molecule has 0 radical (unpaired) electrons. The molecular weight excluding hydrogens is 200 g/mol. The van der Waals surface area contributed by atoms with Gasteiger partial charge >= 0.3 is 11.9 Å². The fourth-order valence-electron chi connectivity index (χ4n) is 0.376. The molecule has 5 heteroatoms. The molecule has 0 aromatic carbocycles. The Hall–Kier alpha value is -1.36. The highest BCUT2D eigenvalue weighted by atomic mass is 28.1. The summed E-state index contributed by atoms with van der Waals surface area (Å²) in [5, 5.41) is 7.60. The van der Waals surface area contributed by atoms with Gasteiger partial charge in [-0.3, -0.25) is 0 Å². The first-order valence-corrected chi connectivity index (χ1v) is 5.64. The van der Waals surface area contributed by atoms with Crippen LogP contribution in [-0.2, 0) is 14.3 Å². The molecule has 0 aromatic rings. The van der Waals surface area contributed by atoms with Gasteiger partial charge in [0.15, 0.2) is 0 Å². The highest BCUT2D eigenvalue weighted by molar-refractivity contribution is 6.08. The summed E-state index contributed by atoms with van der Waals surface area (Å²) in [6.45, 7) is 6.78. The van der Waals surface area contributed by atoms with Gasteiger partial charge in [0.2, 0.25) is 0 Å². The zero-order valence-corrected chi connectivity index (χ0v) is 10.4. The molecule has 0 bridgehead atoms. The first-order chi connectivity index (χ1) is 6.58. The minimum absolute atomic E-state index is 0.315. The largest absolute Gasteiger partial charge is 0.478 e. The standard InChI is InChI=1S/C6H12O2Si.C3H4O2/c1-2-6(7)8-4-3-5-9;1-2-3(4)5/h2H,1,3-5H2,9H3;2H,1H2,(H,4,5). The number of esters is 1. The lowest BCUT2D eigenvalue weighted by Crippen LogP contribution is -2.00. The van der Waals surface area contributed by atoms with E-state index in [1.165, 1.54) is 22.4 Å². The van der Waals surface area contributed by atoms with Crippen LogP contribution in [0.25, 0.3) is 0 Å². The van der Waals surface area contributed by atoms with E-state index in [-0.39, 0.29) is 5.97 Å². The Morgan fingerprint density at radius 2 is 1.86 bits per heavy atom. The van der Waals surface area contributed by atoms with E-state index >= 15 is 0 Å². The van der Waals surface area contributed by atoms with Gasteiger partial charge in [0, 0.05) is 22.4 Å². The van der Waals surface area contributed by atoms with Crippen LogP contribution in [0.2, 0.25) is 6.04 Å². The SMILES string of the molecule is C=CC(=O)O.C=CC(=O)OCCC[SiH3]. The van der Waals surface area contributed by atoms with Gasteiger partial charge in [-0.25, -0.2) is 9.59 Å². The quantitative estimate of drug-likeness (QED) is 0.307. The predicted octanol–water partition coefficient (Wildman–Crippen LogP) is 0.146. The molecule has 0 amide bonds. The summed E-state index contributed by atoms with van der Waals surface area (Å²) in [6, 6.07) is 1.18. The van der Waals surface area contributed by atoms with Gasteiger partial charge in [0.25, 0.3) is 0 Å². The van der Waals surface area contributed by atoms with Crippen molar-refractivity contribution < 1.29 is 19.4 Å². The molecule has 0 spiro atoms. The second-order valence-electron chi connectivity index (χ2n) is 2.27. The molecule has 0 atom stereocenters.